The molecule has 0 aromatic heterocycles. The lowest BCUT2D eigenvalue weighted by atomic mass is 9.99. The van der Waals surface area contributed by atoms with Gasteiger partial charge >= 0.3 is 5.97 Å². The van der Waals surface area contributed by atoms with Crippen LogP contribution in [-0.2, 0) is 23.7 Å². The van der Waals surface area contributed by atoms with Gasteiger partial charge in [-0.25, -0.2) is 0 Å². The first-order valence-corrected chi connectivity index (χ1v) is 22.8. The van der Waals surface area contributed by atoms with Gasteiger partial charge in [0.05, 0.1) is 19.8 Å². The Morgan fingerprint density at radius 2 is 1.02 bits per heavy atom. The third-order valence-corrected chi connectivity index (χ3v) is 10.7. The van der Waals surface area contributed by atoms with Crippen LogP contribution in [0.25, 0.3) is 0 Å². The maximum atomic E-state index is 12.8. The fourth-order valence-electron chi connectivity index (χ4n) is 7.08. The molecule has 0 radical (unpaired) electrons. The summed E-state index contributed by atoms with van der Waals surface area (Å²) in [6.07, 6.45) is 33.7. The molecule has 0 amide bonds. The summed E-state index contributed by atoms with van der Waals surface area (Å²) in [7, 11) is 0. The average Bonchev–Trinajstić information content (AvgIpc) is 3.17. The molecule has 0 bridgehead atoms. The van der Waals surface area contributed by atoms with Gasteiger partial charge in [-0.1, -0.05) is 174 Å². The minimum atomic E-state index is -1.53. The average molecular weight is 771 g/mol. The summed E-state index contributed by atoms with van der Waals surface area (Å²) >= 11 is 0. The molecule has 9 nitrogen and oxygen atoms in total. The summed E-state index contributed by atoms with van der Waals surface area (Å²) in [5.74, 6) is -0.318. The van der Waals surface area contributed by atoms with Crippen LogP contribution >= 0.6 is 0 Å². The third kappa shape index (κ3) is 28.3. The maximum absolute atomic E-state index is 12.8. The van der Waals surface area contributed by atoms with Crippen molar-refractivity contribution < 1.29 is 44.2 Å². The van der Waals surface area contributed by atoms with E-state index in [4.69, 9.17) is 18.9 Å². The van der Waals surface area contributed by atoms with Crippen molar-refractivity contribution in [2.24, 2.45) is 0 Å². The summed E-state index contributed by atoms with van der Waals surface area (Å²) in [5, 5.41) is 40.1. The number of rotatable bonds is 39. The van der Waals surface area contributed by atoms with Crippen molar-refractivity contribution in [2.45, 2.75) is 243 Å². The predicted octanol–water partition coefficient (Wildman–Crippen LogP) is 10.0. The van der Waals surface area contributed by atoms with Gasteiger partial charge in [-0.3, -0.25) is 4.79 Å². The summed E-state index contributed by atoms with van der Waals surface area (Å²) < 4.78 is 22.8. The Morgan fingerprint density at radius 1 is 0.574 bits per heavy atom. The lowest BCUT2D eigenvalue weighted by molar-refractivity contribution is -0.305. The molecule has 1 aliphatic heterocycles. The lowest BCUT2D eigenvalue weighted by Gasteiger charge is -2.39. The third-order valence-electron chi connectivity index (χ3n) is 10.7. The Bertz CT molecular complexity index is 838. The second-order valence-electron chi connectivity index (χ2n) is 15.9. The Kier molecular flexibility index (Phi) is 35.4. The molecule has 6 unspecified atom stereocenters. The van der Waals surface area contributed by atoms with E-state index in [0.29, 0.717) is 13.0 Å². The van der Waals surface area contributed by atoms with Gasteiger partial charge in [-0.15, -0.1) is 0 Å². The fourth-order valence-corrected chi connectivity index (χ4v) is 7.08. The first-order chi connectivity index (χ1) is 26.4. The number of allylic oxidation sites excluding steroid dienone is 2. The second-order valence-corrected chi connectivity index (χ2v) is 15.9. The number of carbonyl (C=O) groups is 1. The van der Waals surface area contributed by atoms with Crippen LogP contribution in [0.4, 0.5) is 0 Å². The zero-order chi connectivity index (χ0) is 39.3. The van der Waals surface area contributed by atoms with E-state index in [-0.39, 0.29) is 19.2 Å². The smallest absolute Gasteiger partial charge is 0.306 e. The normalized spacial score (nSPS) is 20.9. The summed E-state index contributed by atoms with van der Waals surface area (Å²) in [5.41, 5.74) is 0. The van der Waals surface area contributed by atoms with Crippen molar-refractivity contribution in [1.82, 2.24) is 0 Å². The van der Waals surface area contributed by atoms with Gasteiger partial charge in [0, 0.05) is 13.0 Å². The van der Waals surface area contributed by atoms with E-state index >= 15 is 0 Å². The van der Waals surface area contributed by atoms with Gasteiger partial charge in [-0.05, 0) is 38.5 Å². The molecule has 1 fully saturated rings. The monoisotopic (exact) mass is 771 g/mol. The van der Waals surface area contributed by atoms with Crippen LogP contribution in [0.15, 0.2) is 12.2 Å². The molecule has 1 rings (SSSR count). The Labute approximate surface area is 331 Å². The van der Waals surface area contributed by atoms with Crippen LogP contribution < -0.4 is 0 Å². The molecular weight excluding hydrogens is 684 g/mol. The van der Waals surface area contributed by atoms with E-state index in [2.05, 4.69) is 26.0 Å². The van der Waals surface area contributed by atoms with Crippen LogP contribution in [0.2, 0.25) is 0 Å². The summed E-state index contributed by atoms with van der Waals surface area (Å²) in [6, 6.07) is 0. The van der Waals surface area contributed by atoms with Gasteiger partial charge < -0.3 is 39.4 Å². The van der Waals surface area contributed by atoms with Crippen molar-refractivity contribution in [1.29, 1.82) is 0 Å². The van der Waals surface area contributed by atoms with Crippen molar-refractivity contribution in [3.05, 3.63) is 12.2 Å². The molecule has 4 N–H and O–H groups in total. The van der Waals surface area contributed by atoms with E-state index in [1.807, 2.05) is 0 Å². The van der Waals surface area contributed by atoms with E-state index in [1.54, 1.807) is 0 Å². The fraction of sp³-hybridized carbons (Fsp3) is 0.933. The molecule has 0 saturated carbocycles. The zero-order valence-corrected chi connectivity index (χ0v) is 35.0. The van der Waals surface area contributed by atoms with Crippen molar-refractivity contribution >= 4 is 5.97 Å². The van der Waals surface area contributed by atoms with E-state index in [9.17, 15) is 25.2 Å². The minimum Gasteiger partial charge on any atom is -0.457 e. The highest BCUT2D eigenvalue weighted by atomic mass is 16.7. The molecule has 1 saturated heterocycles. The van der Waals surface area contributed by atoms with Crippen LogP contribution in [-0.4, -0.2) is 89.6 Å². The van der Waals surface area contributed by atoms with Crippen molar-refractivity contribution in [2.75, 3.05) is 26.4 Å². The molecule has 9 heteroatoms. The molecule has 1 aliphatic rings. The SMILES string of the molecule is CCCCCCCCC/C=C\CCCCCCCC(=O)OC(COCCCCCCCCCCCCCCCCC)COC1OC(CO)C(O)C(O)C1O. The number of aliphatic hydroxyl groups is 4. The van der Waals surface area contributed by atoms with Gasteiger partial charge in [0.25, 0.3) is 0 Å². The van der Waals surface area contributed by atoms with Crippen LogP contribution in [0.3, 0.4) is 0 Å². The highest BCUT2D eigenvalue weighted by Gasteiger charge is 2.44. The topological polar surface area (TPSA) is 135 Å². The second kappa shape index (κ2) is 37.5. The standard InChI is InChI=1S/C45H86O9/c1-3-5-7-9-11-13-15-17-19-20-22-24-26-28-30-32-34-41(47)53-39(38-52-45-44(50)43(49)42(48)40(36-46)54-45)37-51-35-33-31-29-27-25-23-21-18-16-14-12-10-8-6-4-2/h19-20,39-40,42-46,48-50H,3-18,21-38H2,1-2H3/b20-19-. The number of ether oxygens (including phenoxy) is 4. The summed E-state index contributed by atoms with van der Waals surface area (Å²) in [6.45, 7) is 4.58. The molecule has 54 heavy (non-hydrogen) atoms. The first kappa shape index (κ1) is 50.9. The quantitative estimate of drug-likeness (QED) is 0.0274. The van der Waals surface area contributed by atoms with Crippen molar-refractivity contribution in [3.63, 3.8) is 0 Å². The molecule has 1 heterocycles. The Morgan fingerprint density at radius 3 is 1.50 bits per heavy atom. The highest BCUT2D eigenvalue weighted by molar-refractivity contribution is 5.69. The molecule has 320 valence electrons. The summed E-state index contributed by atoms with van der Waals surface area (Å²) in [4.78, 5) is 12.8. The number of unbranched alkanes of at least 4 members (excludes halogenated alkanes) is 26. The first-order valence-electron chi connectivity index (χ1n) is 22.8. The van der Waals surface area contributed by atoms with Gasteiger partial charge in [0.15, 0.2) is 6.29 Å². The number of hydrogen-bond acceptors (Lipinski definition) is 9. The van der Waals surface area contributed by atoms with Crippen LogP contribution in [0, 0.1) is 0 Å². The number of carbonyl (C=O) groups excluding carboxylic acids is 1. The van der Waals surface area contributed by atoms with Crippen LogP contribution in [0.1, 0.15) is 206 Å². The highest BCUT2D eigenvalue weighted by Crippen LogP contribution is 2.23. The van der Waals surface area contributed by atoms with Gasteiger partial charge in [0.2, 0.25) is 0 Å². The number of aliphatic hydroxyl groups excluding tert-OH is 4. The zero-order valence-electron chi connectivity index (χ0n) is 35.0. The van der Waals surface area contributed by atoms with E-state index < -0.39 is 43.4 Å². The minimum absolute atomic E-state index is 0.111. The number of esters is 1. The van der Waals surface area contributed by atoms with Crippen LogP contribution in [0.5, 0.6) is 0 Å². The largest absolute Gasteiger partial charge is 0.457 e. The molecule has 0 aromatic rings. The van der Waals surface area contributed by atoms with E-state index in [0.717, 1.165) is 44.9 Å². The maximum Gasteiger partial charge on any atom is 0.306 e. The number of hydrogen-bond donors (Lipinski definition) is 4. The molecular formula is C45H86O9. The van der Waals surface area contributed by atoms with E-state index in [1.165, 1.54) is 141 Å². The van der Waals surface area contributed by atoms with Gasteiger partial charge in [-0.2, -0.15) is 0 Å². The lowest BCUT2D eigenvalue weighted by Crippen LogP contribution is -2.59. The molecule has 0 aromatic carbocycles. The van der Waals surface area contributed by atoms with Crippen molar-refractivity contribution in [3.8, 4) is 0 Å². The predicted molar refractivity (Wildman–Crippen MR) is 219 cm³/mol. The molecule has 6 atom stereocenters. The molecule has 0 spiro atoms. The Balaban J connectivity index is 2.26. The Hall–Kier alpha value is -1.07. The van der Waals surface area contributed by atoms with Gasteiger partial charge in [0.1, 0.15) is 30.5 Å². The molecule has 0 aliphatic carbocycles.